The summed E-state index contributed by atoms with van der Waals surface area (Å²) in [6.45, 7) is 5.82. The molecule has 0 aliphatic carbocycles. The molecule has 2 unspecified atom stereocenters. The molecule has 0 aromatic rings. The lowest BCUT2D eigenvalue weighted by Crippen LogP contribution is -2.52. The maximum atomic E-state index is 12.0. The number of piperidine rings is 1. The zero-order chi connectivity index (χ0) is 12.0. The summed E-state index contributed by atoms with van der Waals surface area (Å²) in [5.41, 5.74) is 5.72. The van der Waals surface area contributed by atoms with Gasteiger partial charge >= 0.3 is 0 Å². The number of carbonyl (C=O) groups is 1. The zero-order valence-electron chi connectivity index (χ0n) is 10.4. The van der Waals surface area contributed by atoms with E-state index in [9.17, 15) is 4.79 Å². The summed E-state index contributed by atoms with van der Waals surface area (Å²) < 4.78 is 5.22. The van der Waals surface area contributed by atoms with Crippen molar-refractivity contribution in [3.63, 3.8) is 0 Å². The summed E-state index contributed by atoms with van der Waals surface area (Å²) in [6.07, 6.45) is 3.80. The van der Waals surface area contributed by atoms with Crippen LogP contribution in [0.4, 0.5) is 0 Å². The summed E-state index contributed by atoms with van der Waals surface area (Å²) in [7, 11) is 0. The molecule has 4 nitrogen and oxygen atoms in total. The van der Waals surface area contributed by atoms with Crippen molar-refractivity contribution in [1.82, 2.24) is 4.90 Å². The lowest BCUT2D eigenvalue weighted by atomic mass is 9.96. The molecule has 16 heavy (non-hydrogen) atoms. The van der Waals surface area contributed by atoms with Crippen LogP contribution in [-0.4, -0.2) is 42.6 Å². The lowest BCUT2D eigenvalue weighted by molar-refractivity contribution is -0.138. The van der Waals surface area contributed by atoms with Gasteiger partial charge in [0.15, 0.2) is 0 Å². The van der Waals surface area contributed by atoms with Crippen molar-refractivity contribution in [3.8, 4) is 0 Å². The molecule has 0 radical (unpaired) electrons. The molecule has 2 N–H and O–H groups in total. The fourth-order valence-electron chi connectivity index (χ4n) is 2.40. The van der Waals surface area contributed by atoms with Crippen LogP contribution >= 0.6 is 0 Å². The minimum atomic E-state index is 0.191. The van der Waals surface area contributed by atoms with Crippen LogP contribution in [0.15, 0.2) is 0 Å². The number of ether oxygens (including phenoxy) is 1. The minimum Gasteiger partial charge on any atom is -0.381 e. The van der Waals surface area contributed by atoms with E-state index >= 15 is 0 Å². The molecule has 1 fully saturated rings. The predicted octanol–water partition coefficient (Wildman–Crippen LogP) is 1.14. The first-order chi connectivity index (χ1) is 7.70. The molecule has 0 saturated carbocycles. The van der Waals surface area contributed by atoms with Crippen LogP contribution in [0.25, 0.3) is 0 Å². The van der Waals surface area contributed by atoms with E-state index in [-0.39, 0.29) is 11.9 Å². The second-order valence-electron chi connectivity index (χ2n) is 4.42. The van der Waals surface area contributed by atoms with Gasteiger partial charge < -0.3 is 15.4 Å². The number of rotatable bonds is 5. The number of likely N-dealkylation sites (tertiary alicyclic amines) is 1. The molecule has 1 amide bonds. The Morgan fingerprint density at radius 2 is 2.25 bits per heavy atom. The van der Waals surface area contributed by atoms with Gasteiger partial charge in [-0.25, -0.2) is 0 Å². The molecule has 0 bridgehead atoms. The van der Waals surface area contributed by atoms with E-state index in [1.807, 2.05) is 11.8 Å². The Balaban J connectivity index is 2.48. The van der Waals surface area contributed by atoms with Crippen LogP contribution in [0.3, 0.4) is 0 Å². The maximum absolute atomic E-state index is 12.0. The molecule has 4 heteroatoms. The van der Waals surface area contributed by atoms with Gasteiger partial charge in [0.05, 0.1) is 13.0 Å². The van der Waals surface area contributed by atoms with Crippen molar-refractivity contribution in [2.75, 3.05) is 19.8 Å². The molecule has 1 aliphatic rings. The molecule has 0 aromatic heterocycles. The summed E-state index contributed by atoms with van der Waals surface area (Å²) in [4.78, 5) is 14.0. The van der Waals surface area contributed by atoms with Crippen LogP contribution < -0.4 is 5.73 Å². The van der Waals surface area contributed by atoms with Crippen molar-refractivity contribution in [3.05, 3.63) is 0 Å². The Kier molecular flexibility index (Phi) is 5.77. The number of hydrogen-bond donors (Lipinski definition) is 1. The average Bonchev–Trinajstić information content (AvgIpc) is 2.28. The molecule has 0 spiro atoms. The quantitative estimate of drug-likeness (QED) is 0.718. The summed E-state index contributed by atoms with van der Waals surface area (Å²) >= 11 is 0. The molecule has 1 heterocycles. The Morgan fingerprint density at radius 3 is 2.88 bits per heavy atom. The third-order valence-corrected chi connectivity index (χ3v) is 3.25. The van der Waals surface area contributed by atoms with Gasteiger partial charge in [0.25, 0.3) is 0 Å². The van der Waals surface area contributed by atoms with E-state index in [4.69, 9.17) is 10.5 Å². The normalized spacial score (nSPS) is 25.8. The number of hydrogen-bond acceptors (Lipinski definition) is 3. The first-order valence-electron chi connectivity index (χ1n) is 6.29. The van der Waals surface area contributed by atoms with Gasteiger partial charge in [0, 0.05) is 25.2 Å². The largest absolute Gasteiger partial charge is 0.381 e. The Morgan fingerprint density at radius 1 is 1.50 bits per heavy atom. The third kappa shape index (κ3) is 3.46. The van der Waals surface area contributed by atoms with Crippen LogP contribution in [0.5, 0.6) is 0 Å². The number of nitrogens with zero attached hydrogens (tertiary/aromatic N) is 1. The summed E-state index contributed by atoms with van der Waals surface area (Å²) in [6, 6.07) is 0.564. The number of amides is 1. The van der Waals surface area contributed by atoms with Gasteiger partial charge in [-0.2, -0.15) is 0 Å². The molecular weight excluding hydrogens is 204 g/mol. The van der Waals surface area contributed by atoms with Crippen molar-refractivity contribution < 1.29 is 9.53 Å². The second kappa shape index (κ2) is 6.86. The van der Waals surface area contributed by atoms with E-state index in [0.29, 0.717) is 32.2 Å². The zero-order valence-corrected chi connectivity index (χ0v) is 10.4. The second-order valence-corrected chi connectivity index (χ2v) is 4.42. The monoisotopic (exact) mass is 228 g/mol. The highest BCUT2D eigenvalue weighted by Crippen LogP contribution is 2.22. The van der Waals surface area contributed by atoms with E-state index in [1.54, 1.807) is 0 Å². The smallest absolute Gasteiger partial charge is 0.225 e. The van der Waals surface area contributed by atoms with E-state index in [1.165, 1.54) is 6.42 Å². The number of carbonyl (C=O) groups excluding carboxylic acids is 1. The van der Waals surface area contributed by atoms with Gasteiger partial charge in [0.2, 0.25) is 5.91 Å². The van der Waals surface area contributed by atoms with Crippen LogP contribution in [0.2, 0.25) is 0 Å². The van der Waals surface area contributed by atoms with Crippen molar-refractivity contribution >= 4 is 5.91 Å². The van der Waals surface area contributed by atoms with E-state index in [0.717, 1.165) is 12.8 Å². The lowest BCUT2D eigenvalue weighted by Gasteiger charge is -2.40. The Hall–Kier alpha value is -0.610. The SMILES string of the molecule is CCOCCC(=O)N1C(C)CCCC1CN. The maximum Gasteiger partial charge on any atom is 0.225 e. The topological polar surface area (TPSA) is 55.6 Å². The van der Waals surface area contributed by atoms with Gasteiger partial charge in [0.1, 0.15) is 0 Å². The van der Waals surface area contributed by atoms with Crippen LogP contribution in [0.1, 0.15) is 39.5 Å². The van der Waals surface area contributed by atoms with Gasteiger partial charge in [-0.05, 0) is 33.1 Å². The number of nitrogens with two attached hydrogens (primary N) is 1. The molecular formula is C12H24N2O2. The van der Waals surface area contributed by atoms with Crippen molar-refractivity contribution in [2.24, 2.45) is 5.73 Å². The third-order valence-electron chi connectivity index (χ3n) is 3.25. The fourth-order valence-corrected chi connectivity index (χ4v) is 2.40. The molecule has 0 aromatic carbocycles. The standard InChI is InChI=1S/C12H24N2O2/c1-3-16-8-7-12(15)14-10(2)5-4-6-11(14)9-13/h10-11H,3-9,13H2,1-2H3. The van der Waals surface area contributed by atoms with Crippen LogP contribution in [0, 0.1) is 0 Å². The summed E-state index contributed by atoms with van der Waals surface area (Å²) in [5.74, 6) is 0.191. The van der Waals surface area contributed by atoms with Crippen molar-refractivity contribution in [1.29, 1.82) is 0 Å². The molecule has 2 atom stereocenters. The molecule has 1 saturated heterocycles. The molecule has 1 aliphatic heterocycles. The fraction of sp³-hybridized carbons (Fsp3) is 0.917. The Bertz CT molecular complexity index is 221. The first kappa shape index (κ1) is 13.5. The van der Waals surface area contributed by atoms with Gasteiger partial charge in [-0.3, -0.25) is 4.79 Å². The van der Waals surface area contributed by atoms with Crippen molar-refractivity contribution in [2.45, 2.75) is 51.6 Å². The molecule has 1 rings (SSSR count). The van der Waals surface area contributed by atoms with Crippen LogP contribution in [-0.2, 0) is 9.53 Å². The first-order valence-corrected chi connectivity index (χ1v) is 6.29. The van der Waals surface area contributed by atoms with Gasteiger partial charge in [-0.15, -0.1) is 0 Å². The molecule has 94 valence electrons. The highest BCUT2D eigenvalue weighted by Gasteiger charge is 2.30. The average molecular weight is 228 g/mol. The van der Waals surface area contributed by atoms with Gasteiger partial charge in [-0.1, -0.05) is 0 Å². The highest BCUT2D eigenvalue weighted by molar-refractivity contribution is 5.77. The minimum absolute atomic E-state index is 0.191. The highest BCUT2D eigenvalue weighted by atomic mass is 16.5. The predicted molar refractivity (Wildman–Crippen MR) is 64.1 cm³/mol. The van der Waals surface area contributed by atoms with E-state index in [2.05, 4.69) is 6.92 Å². The Labute approximate surface area is 98.1 Å². The van der Waals surface area contributed by atoms with E-state index < -0.39 is 0 Å². The summed E-state index contributed by atoms with van der Waals surface area (Å²) in [5, 5.41) is 0.